The summed E-state index contributed by atoms with van der Waals surface area (Å²) in [5.41, 5.74) is 0. The molecule has 2 aliphatic rings. The van der Waals surface area contributed by atoms with Crippen LogP contribution in [0.15, 0.2) is 0 Å². The zero-order valence-electron chi connectivity index (χ0n) is 13.6. The van der Waals surface area contributed by atoms with Crippen molar-refractivity contribution >= 4 is 0 Å². The first kappa shape index (κ1) is 15.3. The number of hydrazine groups is 1. The minimum absolute atomic E-state index is 0.686. The van der Waals surface area contributed by atoms with Crippen LogP contribution in [0.1, 0.15) is 72.1 Å². The smallest absolute Gasteiger partial charge is 0.0271 e. The molecule has 4 atom stereocenters. The number of hydrogen-bond acceptors (Lipinski definition) is 2. The highest BCUT2D eigenvalue weighted by molar-refractivity contribution is 4.82. The van der Waals surface area contributed by atoms with Crippen LogP contribution in [0.3, 0.4) is 0 Å². The van der Waals surface area contributed by atoms with Crippen molar-refractivity contribution in [2.75, 3.05) is 13.6 Å². The molecule has 2 fully saturated rings. The predicted octanol–water partition coefficient (Wildman–Crippen LogP) is 4.31. The lowest BCUT2D eigenvalue weighted by molar-refractivity contribution is -0.109. The van der Waals surface area contributed by atoms with E-state index in [-0.39, 0.29) is 0 Å². The van der Waals surface area contributed by atoms with Gasteiger partial charge in [-0.15, -0.1) is 0 Å². The fraction of sp³-hybridized carbons (Fsp3) is 1.00. The molecule has 2 nitrogen and oxygen atoms in total. The summed E-state index contributed by atoms with van der Waals surface area (Å²) >= 11 is 0. The first-order valence-electron chi connectivity index (χ1n) is 8.60. The molecule has 0 radical (unpaired) electrons. The summed E-state index contributed by atoms with van der Waals surface area (Å²) in [6, 6.07) is 1.48. The maximum Gasteiger partial charge on any atom is 0.0271 e. The van der Waals surface area contributed by atoms with Crippen LogP contribution in [0.25, 0.3) is 0 Å². The fourth-order valence-corrected chi connectivity index (χ4v) is 4.06. The standard InChI is InChI=1S/C17H34N2/c1-14-10-6-5-7-11-15(2)17-12-8-9-13-19(17)18(4)16(14)3/h14-17H,5-13H2,1-4H3. The van der Waals surface area contributed by atoms with Crippen LogP contribution in [0.5, 0.6) is 0 Å². The number of piperidine rings is 1. The van der Waals surface area contributed by atoms with Crippen molar-refractivity contribution in [2.24, 2.45) is 11.8 Å². The second-order valence-electron chi connectivity index (χ2n) is 7.13. The molecule has 0 amide bonds. The summed E-state index contributed by atoms with van der Waals surface area (Å²) in [6.07, 6.45) is 11.4. The van der Waals surface area contributed by atoms with Gasteiger partial charge in [0.25, 0.3) is 0 Å². The van der Waals surface area contributed by atoms with E-state index in [1.807, 2.05) is 0 Å². The zero-order chi connectivity index (χ0) is 13.8. The van der Waals surface area contributed by atoms with Gasteiger partial charge in [-0.2, -0.15) is 0 Å². The third-order valence-corrected chi connectivity index (χ3v) is 5.81. The summed E-state index contributed by atoms with van der Waals surface area (Å²) in [6.45, 7) is 8.64. The largest absolute Gasteiger partial charge is 0.242 e. The molecule has 2 heteroatoms. The van der Waals surface area contributed by atoms with E-state index in [0.717, 1.165) is 17.9 Å². The Morgan fingerprint density at radius 2 is 1.37 bits per heavy atom. The fourth-order valence-electron chi connectivity index (χ4n) is 4.06. The molecule has 0 spiro atoms. The van der Waals surface area contributed by atoms with Gasteiger partial charge in [-0.25, -0.2) is 10.0 Å². The minimum Gasteiger partial charge on any atom is -0.242 e. The molecule has 4 unspecified atom stereocenters. The van der Waals surface area contributed by atoms with Gasteiger partial charge in [0.2, 0.25) is 0 Å². The summed E-state index contributed by atoms with van der Waals surface area (Å²) in [5, 5.41) is 5.32. The number of nitrogens with zero attached hydrogens (tertiary/aromatic N) is 2. The third kappa shape index (κ3) is 3.72. The van der Waals surface area contributed by atoms with Gasteiger partial charge < -0.3 is 0 Å². The highest BCUT2D eigenvalue weighted by Gasteiger charge is 2.32. The van der Waals surface area contributed by atoms with E-state index in [1.54, 1.807) is 0 Å². The minimum atomic E-state index is 0.686. The Morgan fingerprint density at radius 3 is 2.11 bits per heavy atom. The van der Waals surface area contributed by atoms with Gasteiger partial charge in [0.1, 0.15) is 0 Å². The second kappa shape index (κ2) is 7.08. The monoisotopic (exact) mass is 266 g/mol. The molecule has 2 rings (SSSR count). The highest BCUT2D eigenvalue weighted by Crippen LogP contribution is 2.31. The van der Waals surface area contributed by atoms with Gasteiger partial charge in [-0.05, 0) is 44.4 Å². The van der Waals surface area contributed by atoms with E-state index in [2.05, 4.69) is 37.8 Å². The SMILES string of the molecule is CC1CCCCCC(C)C2CCCCN2N(C)C1C. The number of fused-ring (bicyclic) bond motifs is 1. The topological polar surface area (TPSA) is 6.48 Å². The molecule has 0 N–H and O–H groups in total. The molecule has 2 saturated heterocycles. The van der Waals surface area contributed by atoms with Crippen molar-refractivity contribution in [1.82, 2.24) is 10.0 Å². The molecule has 19 heavy (non-hydrogen) atoms. The average Bonchev–Trinajstić information content (AvgIpc) is 2.45. The second-order valence-corrected chi connectivity index (χ2v) is 7.13. The van der Waals surface area contributed by atoms with Crippen LogP contribution in [0.4, 0.5) is 0 Å². The van der Waals surface area contributed by atoms with E-state index in [4.69, 9.17) is 0 Å². The normalized spacial score (nSPS) is 40.4. The molecule has 112 valence electrons. The van der Waals surface area contributed by atoms with E-state index < -0.39 is 0 Å². The Bertz CT molecular complexity index is 266. The first-order valence-corrected chi connectivity index (χ1v) is 8.60. The predicted molar refractivity (Wildman–Crippen MR) is 83.0 cm³/mol. The van der Waals surface area contributed by atoms with Gasteiger partial charge >= 0.3 is 0 Å². The number of hydrogen-bond donors (Lipinski definition) is 0. The Morgan fingerprint density at radius 1 is 0.737 bits per heavy atom. The van der Waals surface area contributed by atoms with Crippen molar-refractivity contribution in [2.45, 2.75) is 84.2 Å². The van der Waals surface area contributed by atoms with Gasteiger partial charge in [0, 0.05) is 25.7 Å². The van der Waals surface area contributed by atoms with Crippen molar-refractivity contribution in [1.29, 1.82) is 0 Å². The number of rotatable bonds is 0. The summed E-state index contributed by atoms with van der Waals surface area (Å²) in [4.78, 5) is 0. The molecule has 0 bridgehead atoms. The maximum absolute atomic E-state index is 2.72. The summed E-state index contributed by atoms with van der Waals surface area (Å²) < 4.78 is 0. The quantitative estimate of drug-likeness (QED) is 0.644. The lowest BCUT2D eigenvalue weighted by Crippen LogP contribution is -2.55. The first-order chi connectivity index (χ1) is 9.11. The third-order valence-electron chi connectivity index (χ3n) is 5.81. The molecule has 0 aromatic heterocycles. The van der Waals surface area contributed by atoms with Crippen LogP contribution in [0.2, 0.25) is 0 Å². The van der Waals surface area contributed by atoms with E-state index in [9.17, 15) is 0 Å². The van der Waals surface area contributed by atoms with Gasteiger partial charge in [0.15, 0.2) is 0 Å². The molecular weight excluding hydrogens is 232 g/mol. The lowest BCUT2D eigenvalue weighted by Gasteiger charge is -2.47. The Hall–Kier alpha value is -0.0800. The average molecular weight is 266 g/mol. The van der Waals surface area contributed by atoms with Gasteiger partial charge in [-0.3, -0.25) is 0 Å². The van der Waals surface area contributed by atoms with Crippen LogP contribution in [-0.4, -0.2) is 35.7 Å². The molecular formula is C17H34N2. The van der Waals surface area contributed by atoms with Gasteiger partial charge in [-0.1, -0.05) is 39.5 Å². The Labute approximate surface area is 120 Å². The Balaban J connectivity index is 2.13. The molecule has 0 aromatic carbocycles. The van der Waals surface area contributed by atoms with E-state index in [0.29, 0.717) is 6.04 Å². The zero-order valence-corrected chi connectivity index (χ0v) is 13.6. The lowest BCUT2D eigenvalue weighted by atomic mass is 9.89. The van der Waals surface area contributed by atoms with Crippen molar-refractivity contribution in [3.05, 3.63) is 0 Å². The Kier molecular flexibility index (Phi) is 5.70. The van der Waals surface area contributed by atoms with Gasteiger partial charge in [0.05, 0.1) is 0 Å². The summed E-state index contributed by atoms with van der Waals surface area (Å²) in [7, 11) is 2.34. The molecule has 0 aromatic rings. The maximum atomic E-state index is 2.72. The van der Waals surface area contributed by atoms with Crippen molar-refractivity contribution in [3.8, 4) is 0 Å². The molecule has 0 aliphatic carbocycles. The molecule has 0 saturated carbocycles. The highest BCUT2D eigenvalue weighted by atomic mass is 15.6. The summed E-state index contributed by atoms with van der Waals surface area (Å²) in [5.74, 6) is 1.68. The molecule has 2 aliphatic heterocycles. The van der Waals surface area contributed by atoms with Crippen molar-refractivity contribution < 1.29 is 0 Å². The van der Waals surface area contributed by atoms with E-state index >= 15 is 0 Å². The van der Waals surface area contributed by atoms with Crippen LogP contribution < -0.4 is 0 Å². The van der Waals surface area contributed by atoms with Crippen molar-refractivity contribution in [3.63, 3.8) is 0 Å². The van der Waals surface area contributed by atoms with Crippen LogP contribution >= 0.6 is 0 Å². The van der Waals surface area contributed by atoms with E-state index in [1.165, 1.54) is 57.9 Å². The molecule has 2 heterocycles. The van der Waals surface area contributed by atoms with Crippen LogP contribution in [0, 0.1) is 11.8 Å². The van der Waals surface area contributed by atoms with Crippen LogP contribution in [-0.2, 0) is 0 Å².